The zero-order valence-electron chi connectivity index (χ0n) is 13.0. The lowest BCUT2D eigenvalue weighted by molar-refractivity contribution is -0.144. The molecule has 4 nitrogen and oxygen atoms in total. The number of likely N-dealkylation sites (tertiary alicyclic amines) is 1. The van der Waals surface area contributed by atoms with Crippen LogP contribution < -0.4 is 5.73 Å². The van der Waals surface area contributed by atoms with Crippen LogP contribution in [-0.2, 0) is 9.53 Å². The second kappa shape index (κ2) is 7.41. The fourth-order valence-corrected chi connectivity index (χ4v) is 3.28. The van der Waals surface area contributed by atoms with Crippen molar-refractivity contribution in [3.63, 3.8) is 0 Å². The third-order valence-corrected chi connectivity index (χ3v) is 4.72. The molecule has 2 rings (SSSR count). The Morgan fingerprint density at radius 1 is 1.25 bits per heavy atom. The third kappa shape index (κ3) is 4.19. The van der Waals surface area contributed by atoms with Gasteiger partial charge < -0.3 is 15.4 Å². The van der Waals surface area contributed by atoms with Crippen LogP contribution in [0.3, 0.4) is 0 Å². The molecule has 0 aromatic carbocycles. The number of carbonyl (C=O) groups is 1. The Balaban J connectivity index is 1.72. The number of nitrogens with two attached hydrogens (primary N) is 1. The molecule has 2 atom stereocenters. The molecule has 0 saturated carbocycles. The molecule has 2 saturated heterocycles. The first-order valence-electron chi connectivity index (χ1n) is 8.24. The Morgan fingerprint density at radius 3 is 2.50 bits per heavy atom. The largest absolute Gasteiger partial charge is 0.364 e. The zero-order chi connectivity index (χ0) is 14.5. The number of carbonyl (C=O) groups excluding carboxylic acids is 1. The van der Waals surface area contributed by atoms with Crippen molar-refractivity contribution in [3.05, 3.63) is 0 Å². The van der Waals surface area contributed by atoms with Crippen molar-refractivity contribution in [2.24, 2.45) is 17.6 Å². The average molecular weight is 282 g/mol. The van der Waals surface area contributed by atoms with Gasteiger partial charge in [-0.15, -0.1) is 0 Å². The van der Waals surface area contributed by atoms with Crippen LogP contribution in [0.25, 0.3) is 0 Å². The highest BCUT2D eigenvalue weighted by atomic mass is 16.5. The monoisotopic (exact) mass is 282 g/mol. The summed E-state index contributed by atoms with van der Waals surface area (Å²) in [7, 11) is 0. The highest BCUT2D eigenvalue weighted by molar-refractivity contribution is 5.81. The highest BCUT2D eigenvalue weighted by Crippen LogP contribution is 2.26. The van der Waals surface area contributed by atoms with Gasteiger partial charge in [-0.3, -0.25) is 4.79 Å². The van der Waals surface area contributed by atoms with Gasteiger partial charge in [-0.05, 0) is 37.5 Å². The topological polar surface area (TPSA) is 55.6 Å². The van der Waals surface area contributed by atoms with Gasteiger partial charge in [0.2, 0.25) is 0 Å². The first-order valence-corrected chi connectivity index (χ1v) is 8.24. The van der Waals surface area contributed by atoms with Gasteiger partial charge in [0.05, 0.1) is 6.10 Å². The van der Waals surface area contributed by atoms with Gasteiger partial charge in [-0.1, -0.05) is 26.7 Å². The van der Waals surface area contributed by atoms with Gasteiger partial charge in [0.25, 0.3) is 5.91 Å². The predicted octanol–water partition coefficient (Wildman–Crippen LogP) is 2.17. The molecule has 0 unspecified atom stereocenters. The van der Waals surface area contributed by atoms with Gasteiger partial charge in [0.15, 0.2) is 0 Å². The van der Waals surface area contributed by atoms with Crippen LogP contribution in [0.2, 0.25) is 0 Å². The van der Waals surface area contributed by atoms with Crippen molar-refractivity contribution in [1.29, 1.82) is 0 Å². The number of piperidine rings is 1. The van der Waals surface area contributed by atoms with E-state index in [0.717, 1.165) is 50.6 Å². The second-order valence-electron chi connectivity index (χ2n) is 6.80. The fraction of sp³-hybridized carbons (Fsp3) is 0.938. The summed E-state index contributed by atoms with van der Waals surface area (Å²) in [5.74, 6) is 1.79. The minimum absolute atomic E-state index is 0.0903. The molecule has 2 aliphatic rings. The van der Waals surface area contributed by atoms with Crippen LogP contribution >= 0.6 is 0 Å². The quantitative estimate of drug-likeness (QED) is 0.841. The lowest BCUT2D eigenvalue weighted by Crippen LogP contribution is -2.44. The minimum Gasteiger partial charge on any atom is -0.364 e. The number of hydrogen-bond donors (Lipinski definition) is 1. The molecule has 0 aromatic heterocycles. The van der Waals surface area contributed by atoms with E-state index in [-0.39, 0.29) is 18.1 Å². The molecule has 2 aliphatic heterocycles. The number of rotatable bonds is 5. The number of amides is 1. The molecule has 0 aliphatic carbocycles. The SMILES string of the molecule is CC(C)CCC1CCN(C(=O)[C@@H]2CC[C@H](CN)O2)CC1. The molecule has 0 bridgehead atoms. The smallest absolute Gasteiger partial charge is 0.251 e. The maximum absolute atomic E-state index is 12.4. The molecule has 2 N–H and O–H groups in total. The van der Waals surface area contributed by atoms with Crippen molar-refractivity contribution >= 4 is 5.91 Å². The lowest BCUT2D eigenvalue weighted by atomic mass is 9.89. The summed E-state index contributed by atoms with van der Waals surface area (Å²) < 4.78 is 5.72. The van der Waals surface area contributed by atoms with Gasteiger partial charge in [-0.25, -0.2) is 0 Å². The standard InChI is InChI=1S/C16H30N2O2/c1-12(2)3-4-13-7-9-18(10-8-13)16(19)15-6-5-14(11-17)20-15/h12-15H,3-11,17H2,1-2H3/t14-,15+/m1/s1. The summed E-state index contributed by atoms with van der Waals surface area (Å²) in [5.41, 5.74) is 5.60. The summed E-state index contributed by atoms with van der Waals surface area (Å²) in [4.78, 5) is 14.4. The number of ether oxygens (including phenoxy) is 1. The van der Waals surface area contributed by atoms with Crippen molar-refractivity contribution < 1.29 is 9.53 Å². The maximum atomic E-state index is 12.4. The first-order chi connectivity index (χ1) is 9.60. The second-order valence-corrected chi connectivity index (χ2v) is 6.80. The van der Waals surface area contributed by atoms with E-state index in [0.29, 0.717) is 6.54 Å². The van der Waals surface area contributed by atoms with E-state index in [1.807, 2.05) is 4.90 Å². The molecule has 4 heteroatoms. The Morgan fingerprint density at radius 2 is 1.95 bits per heavy atom. The van der Waals surface area contributed by atoms with E-state index in [1.54, 1.807) is 0 Å². The van der Waals surface area contributed by atoms with Crippen molar-refractivity contribution in [2.75, 3.05) is 19.6 Å². The molecular weight excluding hydrogens is 252 g/mol. The Labute approximate surface area is 123 Å². The van der Waals surface area contributed by atoms with Crippen molar-refractivity contribution in [1.82, 2.24) is 4.90 Å². The average Bonchev–Trinajstić information content (AvgIpc) is 2.94. The van der Waals surface area contributed by atoms with Crippen LogP contribution in [0.4, 0.5) is 0 Å². The van der Waals surface area contributed by atoms with Gasteiger partial charge in [-0.2, -0.15) is 0 Å². The van der Waals surface area contributed by atoms with E-state index in [9.17, 15) is 4.79 Å². The summed E-state index contributed by atoms with van der Waals surface area (Å²) >= 11 is 0. The van der Waals surface area contributed by atoms with Crippen LogP contribution in [-0.4, -0.2) is 42.6 Å². The number of hydrogen-bond acceptors (Lipinski definition) is 3. The van der Waals surface area contributed by atoms with E-state index in [2.05, 4.69) is 13.8 Å². The van der Waals surface area contributed by atoms with E-state index in [4.69, 9.17) is 10.5 Å². The number of nitrogens with zero attached hydrogens (tertiary/aromatic N) is 1. The normalized spacial score (nSPS) is 28.3. The molecular formula is C16H30N2O2. The van der Waals surface area contributed by atoms with Crippen LogP contribution in [0.1, 0.15) is 52.4 Å². The zero-order valence-corrected chi connectivity index (χ0v) is 13.0. The Bertz CT molecular complexity index is 312. The third-order valence-electron chi connectivity index (χ3n) is 4.72. The van der Waals surface area contributed by atoms with Gasteiger partial charge in [0.1, 0.15) is 6.10 Å². The lowest BCUT2D eigenvalue weighted by Gasteiger charge is -2.33. The molecule has 2 heterocycles. The molecule has 116 valence electrons. The minimum atomic E-state index is -0.226. The summed E-state index contributed by atoms with van der Waals surface area (Å²) in [6.07, 6.45) is 6.57. The molecule has 2 fully saturated rings. The predicted molar refractivity (Wildman–Crippen MR) is 80.3 cm³/mol. The maximum Gasteiger partial charge on any atom is 0.251 e. The van der Waals surface area contributed by atoms with E-state index in [1.165, 1.54) is 12.8 Å². The Kier molecular flexibility index (Phi) is 5.85. The van der Waals surface area contributed by atoms with Crippen LogP contribution in [0, 0.1) is 11.8 Å². The summed E-state index contributed by atoms with van der Waals surface area (Å²) in [6.45, 7) is 6.92. The fourth-order valence-electron chi connectivity index (χ4n) is 3.28. The first kappa shape index (κ1) is 15.8. The van der Waals surface area contributed by atoms with E-state index < -0.39 is 0 Å². The van der Waals surface area contributed by atoms with Crippen LogP contribution in [0.15, 0.2) is 0 Å². The molecule has 1 amide bonds. The molecule has 0 spiro atoms. The molecule has 0 aromatic rings. The highest BCUT2D eigenvalue weighted by Gasteiger charge is 2.34. The van der Waals surface area contributed by atoms with Gasteiger partial charge in [0, 0.05) is 19.6 Å². The van der Waals surface area contributed by atoms with Gasteiger partial charge >= 0.3 is 0 Å². The van der Waals surface area contributed by atoms with Crippen molar-refractivity contribution in [2.45, 2.75) is 64.6 Å². The molecule has 20 heavy (non-hydrogen) atoms. The van der Waals surface area contributed by atoms with E-state index >= 15 is 0 Å². The summed E-state index contributed by atoms with van der Waals surface area (Å²) in [6, 6.07) is 0. The molecule has 0 radical (unpaired) electrons. The van der Waals surface area contributed by atoms with Crippen LogP contribution in [0.5, 0.6) is 0 Å². The van der Waals surface area contributed by atoms with Crippen molar-refractivity contribution in [3.8, 4) is 0 Å². The summed E-state index contributed by atoms with van der Waals surface area (Å²) in [5, 5.41) is 0. The Hall–Kier alpha value is -0.610.